The van der Waals surface area contributed by atoms with Crippen LogP contribution in [0.5, 0.6) is 0 Å². The van der Waals surface area contributed by atoms with E-state index in [9.17, 15) is 14.7 Å². The molecule has 2 amide bonds. The molecular formula is C21H29ClN2O4. The zero-order valence-corrected chi connectivity index (χ0v) is 16.8. The molecule has 0 bridgehead atoms. The van der Waals surface area contributed by atoms with Gasteiger partial charge in [0.2, 0.25) is 11.8 Å². The minimum Gasteiger partial charge on any atom is -0.389 e. The Bertz CT molecular complexity index is 680. The van der Waals surface area contributed by atoms with Crippen molar-refractivity contribution in [1.82, 2.24) is 4.90 Å². The Labute approximate surface area is 171 Å². The maximum Gasteiger partial charge on any atom is 0.243 e. The van der Waals surface area contributed by atoms with Crippen LogP contribution in [0.15, 0.2) is 36.4 Å². The van der Waals surface area contributed by atoms with Crippen molar-refractivity contribution < 1.29 is 19.4 Å². The summed E-state index contributed by atoms with van der Waals surface area (Å²) in [6, 6.07) is 7.44. The van der Waals surface area contributed by atoms with Gasteiger partial charge in [-0.05, 0) is 43.4 Å². The summed E-state index contributed by atoms with van der Waals surface area (Å²) < 4.78 is 5.15. The molecule has 28 heavy (non-hydrogen) atoms. The molecule has 2 rings (SSSR count). The average Bonchev–Trinajstić information content (AvgIpc) is 2.64. The Morgan fingerprint density at radius 2 is 2.25 bits per heavy atom. The molecule has 2 atom stereocenters. The summed E-state index contributed by atoms with van der Waals surface area (Å²) in [4.78, 5) is 24.8. The normalized spacial score (nSPS) is 18.6. The van der Waals surface area contributed by atoms with E-state index in [4.69, 9.17) is 22.1 Å². The largest absolute Gasteiger partial charge is 0.389 e. The van der Waals surface area contributed by atoms with Crippen LogP contribution in [0.3, 0.4) is 0 Å². The summed E-state index contributed by atoms with van der Waals surface area (Å²) in [7, 11) is 0. The van der Waals surface area contributed by atoms with Gasteiger partial charge in [-0.25, -0.2) is 0 Å². The molecule has 0 spiro atoms. The first-order valence-electron chi connectivity index (χ1n) is 9.72. The van der Waals surface area contributed by atoms with Gasteiger partial charge in [0.25, 0.3) is 0 Å². The van der Waals surface area contributed by atoms with E-state index in [0.29, 0.717) is 31.0 Å². The van der Waals surface area contributed by atoms with E-state index in [-0.39, 0.29) is 18.6 Å². The number of primary amides is 1. The van der Waals surface area contributed by atoms with Gasteiger partial charge in [0.15, 0.2) is 0 Å². The van der Waals surface area contributed by atoms with Crippen molar-refractivity contribution in [3.63, 3.8) is 0 Å². The number of rotatable bonds is 11. The zero-order valence-electron chi connectivity index (χ0n) is 16.1. The number of carbonyl (C=O) groups excluding carboxylic acids is 2. The van der Waals surface area contributed by atoms with Crippen molar-refractivity contribution in [2.24, 2.45) is 5.73 Å². The van der Waals surface area contributed by atoms with Gasteiger partial charge in [0, 0.05) is 31.0 Å². The number of aliphatic hydroxyl groups is 1. The molecule has 6 nitrogen and oxygen atoms in total. The van der Waals surface area contributed by atoms with Crippen LogP contribution in [0.1, 0.15) is 37.7 Å². The lowest BCUT2D eigenvalue weighted by atomic mass is 9.99. The third kappa shape index (κ3) is 8.00. The van der Waals surface area contributed by atoms with Crippen molar-refractivity contribution in [3.05, 3.63) is 47.0 Å². The first kappa shape index (κ1) is 22.4. The summed E-state index contributed by atoms with van der Waals surface area (Å²) in [5, 5.41) is 11.0. The van der Waals surface area contributed by atoms with Crippen LogP contribution in [0.2, 0.25) is 5.02 Å². The fourth-order valence-corrected chi connectivity index (χ4v) is 3.54. The number of unbranched alkanes of at least 4 members (excludes halogenated alkanes) is 1. The van der Waals surface area contributed by atoms with Gasteiger partial charge in [-0.2, -0.15) is 0 Å². The van der Waals surface area contributed by atoms with Crippen LogP contribution in [0.4, 0.5) is 0 Å². The molecule has 1 saturated heterocycles. The van der Waals surface area contributed by atoms with E-state index in [0.717, 1.165) is 31.2 Å². The van der Waals surface area contributed by atoms with Gasteiger partial charge in [0.1, 0.15) is 6.61 Å². The number of piperidine rings is 1. The number of likely N-dealkylation sites (tertiary alicyclic amines) is 1. The monoisotopic (exact) mass is 408 g/mol. The van der Waals surface area contributed by atoms with Crippen LogP contribution in [0, 0.1) is 0 Å². The number of nitrogens with zero attached hydrogens (tertiary/aromatic N) is 1. The second-order valence-electron chi connectivity index (χ2n) is 7.06. The number of ether oxygens (including phenoxy) is 1. The number of benzene rings is 1. The van der Waals surface area contributed by atoms with Gasteiger partial charge in [-0.3, -0.25) is 9.59 Å². The fourth-order valence-electron chi connectivity index (χ4n) is 3.33. The Hall–Kier alpha value is -1.89. The first-order valence-corrected chi connectivity index (χ1v) is 10.1. The molecule has 154 valence electrons. The topological polar surface area (TPSA) is 92.9 Å². The maximum atomic E-state index is 12.3. The summed E-state index contributed by atoms with van der Waals surface area (Å²) in [6.07, 6.45) is 7.43. The molecule has 2 unspecified atom stereocenters. The van der Waals surface area contributed by atoms with Crippen molar-refractivity contribution in [2.45, 2.75) is 50.7 Å². The predicted molar refractivity (Wildman–Crippen MR) is 109 cm³/mol. The van der Waals surface area contributed by atoms with Crippen LogP contribution in [-0.4, -0.2) is 53.7 Å². The molecule has 1 aliphatic rings. The highest BCUT2D eigenvalue weighted by atomic mass is 35.5. The lowest BCUT2D eigenvalue weighted by Crippen LogP contribution is -2.43. The minimum absolute atomic E-state index is 0.00167. The second kappa shape index (κ2) is 11.8. The Morgan fingerprint density at radius 3 is 3.00 bits per heavy atom. The Kier molecular flexibility index (Phi) is 9.47. The number of amides is 2. The SMILES string of the molecule is NC(=O)COCCCCN1C(=O)CCCC1C=CC(O)Cc1cccc(Cl)c1. The standard InChI is InChI=1S/C21H29ClN2O4/c22-17-6-3-5-16(13-17)14-19(25)10-9-18-7-4-8-21(27)24(18)11-1-2-12-28-15-20(23)26/h3,5-6,9-10,13,18-19,25H,1-2,4,7-8,11-12,14-15H2,(H2,23,26). The highest BCUT2D eigenvalue weighted by Crippen LogP contribution is 2.20. The number of carbonyl (C=O) groups is 2. The van der Waals surface area contributed by atoms with Gasteiger partial charge in [0.05, 0.1) is 12.1 Å². The number of hydrogen-bond donors (Lipinski definition) is 2. The molecule has 1 aliphatic heterocycles. The quantitative estimate of drug-likeness (QED) is 0.434. The van der Waals surface area contributed by atoms with Crippen LogP contribution in [0.25, 0.3) is 0 Å². The van der Waals surface area contributed by atoms with Crippen LogP contribution >= 0.6 is 11.6 Å². The van der Waals surface area contributed by atoms with Gasteiger partial charge < -0.3 is 20.5 Å². The van der Waals surface area contributed by atoms with E-state index < -0.39 is 12.0 Å². The van der Waals surface area contributed by atoms with Crippen LogP contribution in [-0.2, 0) is 20.7 Å². The molecule has 1 heterocycles. The van der Waals surface area contributed by atoms with Crippen molar-refractivity contribution in [2.75, 3.05) is 19.8 Å². The molecule has 1 fully saturated rings. The molecular weight excluding hydrogens is 380 g/mol. The third-order valence-corrected chi connectivity index (χ3v) is 4.92. The average molecular weight is 409 g/mol. The lowest BCUT2D eigenvalue weighted by Gasteiger charge is -2.34. The molecule has 1 aromatic carbocycles. The van der Waals surface area contributed by atoms with E-state index in [1.807, 2.05) is 29.2 Å². The van der Waals surface area contributed by atoms with E-state index in [1.165, 1.54) is 0 Å². The summed E-state index contributed by atoms with van der Waals surface area (Å²) in [5.74, 6) is -0.337. The molecule has 0 radical (unpaired) electrons. The number of hydrogen-bond acceptors (Lipinski definition) is 4. The summed E-state index contributed by atoms with van der Waals surface area (Å²) in [5.41, 5.74) is 5.99. The van der Waals surface area contributed by atoms with Crippen molar-refractivity contribution >= 4 is 23.4 Å². The molecule has 0 saturated carbocycles. The Balaban J connectivity index is 1.82. The van der Waals surface area contributed by atoms with E-state index >= 15 is 0 Å². The molecule has 7 heteroatoms. The zero-order chi connectivity index (χ0) is 20.4. The predicted octanol–water partition coefficient (Wildman–Crippen LogP) is 2.46. The molecule has 0 aromatic heterocycles. The molecule has 3 N–H and O–H groups in total. The lowest BCUT2D eigenvalue weighted by molar-refractivity contribution is -0.135. The maximum absolute atomic E-state index is 12.3. The number of nitrogens with two attached hydrogens (primary N) is 1. The fraction of sp³-hybridized carbons (Fsp3) is 0.524. The smallest absolute Gasteiger partial charge is 0.243 e. The number of aliphatic hydroxyl groups excluding tert-OH is 1. The minimum atomic E-state index is -0.625. The molecule has 0 aliphatic carbocycles. The molecule has 1 aromatic rings. The van der Waals surface area contributed by atoms with E-state index in [2.05, 4.69) is 0 Å². The number of halogens is 1. The third-order valence-electron chi connectivity index (χ3n) is 4.68. The summed E-state index contributed by atoms with van der Waals surface area (Å²) in [6.45, 7) is 1.01. The highest BCUT2D eigenvalue weighted by molar-refractivity contribution is 6.30. The Morgan fingerprint density at radius 1 is 1.43 bits per heavy atom. The van der Waals surface area contributed by atoms with Gasteiger partial charge >= 0.3 is 0 Å². The van der Waals surface area contributed by atoms with Crippen molar-refractivity contribution in [3.8, 4) is 0 Å². The van der Waals surface area contributed by atoms with Gasteiger partial charge in [-0.1, -0.05) is 35.9 Å². The van der Waals surface area contributed by atoms with Crippen LogP contribution < -0.4 is 5.73 Å². The highest BCUT2D eigenvalue weighted by Gasteiger charge is 2.25. The van der Waals surface area contributed by atoms with Gasteiger partial charge in [-0.15, -0.1) is 0 Å². The van der Waals surface area contributed by atoms with E-state index in [1.54, 1.807) is 12.1 Å². The summed E-state index contributed by atoms with van der Waals surface area (Å²) >= 11 is 5.98. The second-order valence-corrected chi connectivity index (χ2v) is 7.50. The first-order chi connectivity index (χ1) is 13.5. The van der Waals surface area contributed by atoms with Crippen molar-refractivity contribution in [1.29, 1.82) is 0 Å².